The van der Waals surface area contributed by atoms with Gasteiger partial charge in [-0.05, 0) is 55.7 Å². The molecular weight excluding hydrogens is 304 g/mol. The van der Waals surface area contributed by atoms with Gasteiger partial charge in [0.15, 0.2) is 11.6 Å². The number of nitrogens with one attached hydrogen (secondary N) is 1. The van der Waals surface area contributed by atoms with Crippen LogP contribution in [0.2, 0.25) is 0 Å². The molecule has 7 nitrogen and oxygen atoms in total. The molecule has 2 heterocycles. The van der Waals surface area contributed by atoms with Gasteiger partial charge in [0.1, 0.15) is 12.1 Å². The maximum Gasteiger partial charge on any atom is 0.158 e. The highest BCUT2D eigenvalue weighted by Gasteiger charge is 2.04. The van der Waals surface area contributed by atoms with Crippen molar-refractivity contribution in [3.63, 3.8) is 0 Å². The van der Waals surface area contributed by atoms with Gasteiger partial charge in [-0.2, -0.15) is 10.2 Å². The number of benzene rings is 1. The second-order valence-corrected chi connectivity index (χ2v) is 5.53. The average Bonchev–Trinajstić information content (AvgIpc) is 3.02. The minimum atomic E-state index is 0.273. The number of hydrogen-bond donors (Lipinski definition) is 2. The average molecular weight is 322 g/mol. The third-order valence-electron chi connectivity index (χ3n) is 3.55. The van der Waals surface area contributed by atoms with Gasteiger partial charge in [-0.15, -0.1) is 0 Å². The Morgan fingerprint density at radius 2 is 2.04 bits per heavy atom. The molecule has 0 saturated carbocycles. The highest BCUT2D eigenvalue weighted by atomic mass is 16.3. The Labute approximate surface area is 139 Å². The molecule has 0 aliphatic carbocycles. The Balaban J connectivity index is 1.79. The van der Waals surface area contributed by atoms with E-state index < -0.39 is 0 Å². The number of aromatic hydroxyl groups is 1. The lowest BCUT2D eigenvalue weighted by molar-refractivity contribution is 0.471. The molecule has 0 unspecified atom stereocenters. The summed E-state index contributed by atoms with van der Waals surface area (Å²) < 4.78 is 1.68. The first kappa shape index (κ1) is 15.7. The van der Waals surface area contributed by atoms with Gasteiger partial charge in [0, 0.05) is 12.3 Å². The first-order chi connectivity index (χ1) is 11.5. The molecule has 2 N–H and O–H groups in total. The fourth-order valence-electron chi connectivity index (χ4n) is 2.16. The molecule has 7 heteroatoms. The molecule has 0 saturated heterocycles. The summed E-state index contributed by atoms with van der Waals surface area (Å²) in [7, 11) is 0. The van der Waals surface area contributed by atoms with Crippen molar-refractivity contribution < 1.29 is 5.11 Å². The smallest absolute Gasteiger partial charge is 0.158 e. The van der Waals surface area contributed by atoms with E-state index in [1.807, 2.05) is 39.1 Å². The number of phenolic OH excluding ortho intramolecular Hbond substituents is 1. The van der Waals surface area contributed by atoms with E-state index >= 15 is 0 Å². The molecule has 0 spiro atoms. The predicted molar refractivity (Wildman–Crippen MR) is 92.6 cm³/mol. The minimum absolute atomic E-state index is 0.273. The van der Waals surface area contributed by atoms with Crippen LogP contribution in [-0.2, 0) is 0 Å². The molecule has 1 aromatic carbocycles. The van der Waals surface area contributed by atoms with Crippen LogP contribution in [0.3, 0.4) is 0 Å². The van der Waals surface area contributed by atoms with E-state index in [0.29, 0.717) is 11.6 Å². The number of phenols is 1. The van der Waals surface area contributed by atoms with Gasteiger partial charge >= 0.3 is 0 Å². The Kier molecular flexibility index (Phi) is 4.24. The number of rotatable bonds is 4. The number of aromatic nitrogens is 4. The van der Waals surface area contributed by atoms with Crippen molar-refractivity contribution in [1.82, 2.24) is 19.7 Å². The van der Waals surface area contributed by atoms with Crippen molar-refractivity contribution in [2.24, 2.45) is 5.10 Å². The second-order valence-electron chi connectivity index (χ2n) is 5.53. The predicted octanol–water partition coefficient (Wildman–Crippen LogP) is 2.82. The maximum absolute atomic E-state index is 9.59. The molecule has 0 radical (unpaired) electrons. The Bertz CT molecular complexity index is 900. The topological polar surface area (TPSA) is 88.2 Å². The zero-order valence-corrected chi connectivity index (χ0v) is 13.7. The van der Waals surface area contributed by atoms with Gasteiger partial charge in [-0.25, -0.2) is 14.6 Å². The molecule has 2 aromatic heterocycles. The Morgan fingerprint density at radius 1 is 1.21 bits per heavy atom. The molecule has 24 heavy (non-hydrogen) atoms. The van der Waals surface area contributed by atoms with Crippen LogP contribution in [0.25, 0.3) is 5.82 Å². The van der Waals surface area contributed by atoms with Crippen LogP contribution in [0, 0.1) is 13.8 Å². The number of aryl methyl sites for hydroxylation is 2. The van der Waals surface area contributed by atoms with E-state index in [0.717, 1.165) is 22.4 Å². The zero-order chi connectivity index (χ0) is 17.1. The van der Waals surface area contributed by atoms with Crippen molar-refractivity contribution in [3.8, 4) is 11.6 Å². The first-order valence-corrected chi connectivity index (χ1v) is 7.47. The van der Waals surface area contributed by atoms with E-state index in [1.165, 1.54) is 6.33 Å². The van der Waals surface area contributed by atoms with Crippen molar-refractivity contribution in [1.29, 1.82) is 0 Å². The number of anilines is 1. The van der Waals surface area contributed by atoms with Crippen LogP contribution >= 0.6 is 0 Å². The molecule has 122 valence electrons. The molecule has 0 bridgehead atoms. The van der Waals surface area contributed by atoms with Crippen molar-refractivity contribution in [2.75, 3.05) is 5.43 Å². The van der Waals surface area contributed by atoms with E-state index in [9.17, 15) is 5.11 Å². The number of nitrogens with zero attached hydrogens (tertiary/aromatic N) is 5. The quantitative estimate of drug-likeness (QED) is 0.569. The van der Waals surface area contributed by atoms with E-state index in [4.69, 9.17) is 0 Å². The lowest BCUT2D eigenvalue weighted by atomic mass is 10.1. The molecule has 0 aliphatic heterocycles. The molecule has 3 rings (SSSR count). The highest BCUT2D eigenvalue weighted by molar-refractivity contribution is 5.99. The van der Waals surface area contributed by atoms with Gasteiger partial charge in [0.2, 0.25) is 0 Å². The van der Waals surface area contributed by atoms with Gasteiger partial charge in [0.25, 0.3) is 0 Å². The van der Waals surface area contributed by atoms with Crippen LogP contribution in [-0.4, -0.2) is 30.6 Å². The van der Waals surface area contributed by atoms with Crippen molar-refractivity contribution >= 4 is 11.5 Å². The maximum atomic E-state index is 9.59. The van der Waals surface area contributed by atoms with Crippen LogP contribution in [0.5, 0.6) is 5.75 Å². The standard InChI is InChI=1S/C17H18N6O/c1-11-8-20-23(9-11)17-7-16(18-10-19-17)22-21-13(3)14-4-5-15(24)12(2)6-14/h4-10,24H,1-3H3,(H,18,19,22)/b21-13+. The van der Waals surface area contributed by atoms with Crippen molar-refractivity contribution in [3.05, 3.63) is 59.7 Å². The van der Waals surface area contributed by atoms with Crippen LogP contribution in [0.1, 0.15) is 23.6 Å². The minimum Gasteiger partial charge on any atom is -0.508 e. The number of hydrogen-bond acceptors (Lipinski definition) is 6. The largest absolute Gasteiger partial charge is 0.508 e. The van der Waals surface area contributed by atoms with Gasteiger partial charge in [-0.3, -0.25) is 5.43 Å². The highest BCUT2D eigenvalue weighted by Crippen LogP contribution is 2.17. The summed E-state index contributed by atoms with van der Waals surface area (Å²) in [4.78, 5) is 8.36. The van der Waals surface area contributed by atoms with Gasteiger partial charge in [-0.1, -0.05) is 0 Å². The fraction of sp³-hybridized carbons (Fsp3) is 0.176. The summed E-state index contributed by atoms with van der Waals surface area (Å²) in [5.41, 5.74) is 6.50. The fourth-order valence-corrected chi connectivity index (χ4v) is 2.16. The molecular formula is C17H18N6O. The Morgan fingerprint density at radius 3 is 2.75 bits per heavy atom. The summed E-state index contributed by atoms with van der Waals surface area (Å²) in [6.07, 6.45) is 5.12. The summed E-state index contributed by atoms with van der Waals surface area (Å²) in [5.74, 6) is 1.51. The normalized spacial score (nSPS) is 11.5. The molecule has 3 aromatic rings. The summed E-state index contributed by atoms with van der Waals surface area (Å²) in [6, 6.07) is 7.13. The molecule has 0 fully saturated rings. The summed E-state index contributed by atoms with van der Waals surface area (Å²) in [6.45, 7) is 5.71. The number of hydrazone groups is 1. The molecule has 0 aliphatic rings. The SMILES string of the molecule is C/C(=N\Nc1cc(-n2cc(C)cn2)ncn1)c1ccc(O)c(C)c1. The van der Waals surface area contributed by atoms with Crippen LogP contribution < -0.4 is 5.43 Å². The lowest BCUT2D eigenvalue weighted by Crippen LogP contribution is -2.04. The lowest BCUT2D eigenvalue weighted by Gasteiger charge is -2.06. The van der Waals surface area contributed by atoms with E-state index in [2.05, 4.69) is 25.6 Å². The monoisotopic (exact) mass is 322 g/mol. The first-order valence-electron chi connectivity index (χ1n) is 7.47. The van der Waals surface area contributed by atoms with Crippen molar-refractivity contribution in [2.45, 2.75) is 20.8 Å². The Hall–Kier alpha value is -3.22. The zero-order valence-electron chi connectivity index (χ0n) is 13.7. The molecule has 0 amide bonds. The van der Waals surface area contributed by atoms with Crippen LogP contribution in [0.15, 0.2) is 48.1 Å². The summed E-state index contributed by atoms with van der Waals surface area (Å²) in [5, 5.41) is 18.2. The summed E-state index contributed by atoms with van der Waals surface area (Å²) >= 11 is 0. The van der Waals surface area contributed by atoms with Gasteiger partial charge in [0.05, 0.1) is 11.9 Å². The van der Waals surface area contributed by atoms with Gasteiger partial charge < -0.3 is 5.11 Å². The van der Waals surface area contributed by atoms with E-state index in [-0.39, 0.29) is 5.75 Å². The third-order valence-corrected chi connectivity index (χ3v) is 3.55. The molecule has 0 atom stereocenters. The van der Waals surface area contributed by atoms with Crippen LogP contribution in [0.4, 0.5) is 5.82 Å². The van der Waals surface area contributed by atoms with E-state index in [1.54, 1.807) is 23.0 Å². The third kappa shape index (κ3) is 3.40. The second kappa shape index (κ2) is 6.49.